The monoisotopic (exact) mass is 283 g/mol. The second-order valence-electron chi connectivity index (χ2n) is 5.39. The van der Waals surface area contributed by atoms with Crippen molar-refractivity contribution in [3.8, 4) is 0 Å². The second-order valence-corrected chi connectivity index (χ2v) is 5.39. The van der Waals surface area contributed by atoms with E-state index in [-0.39, 0.29) is 6.10 Å². The highest BCUT2D eigenvalue weighted by Gasteiger charge is 2.11. The highest BCUT2D eigenvalue weighted by molar-refractivity contribution is 5.45. The van der Waals surface area contributed by atoms with Crippen LogP contribution in [0.15, 0.2) is 60.7 Å². The Balaban J connectivity index is 1.96. The molecule has 1 atom stereocenters. The van der Waals surface area contributed by atoms with Crippen molar-refractivity contribution in [1.82, 2.24) is 0 Å². The summed E-state index contributed by atoms with van der Waals surface area (Å²) in [4.78, 5) is 2.37. The Labute approximate surface area is 128 Å². The predicted molar refractivity (Wildman–Crippen MR) is 89.6 cm³/mol. The van der Waals surface area contributed by atoms with Gasteiger partial charge in [0, 0.05) is 18.8 Å². The fourth-order valence-corrected chi connectivity index (χ4v) is 2.48. The molecule has 0 saturated heterocycles. The van der Waals surface area contributed by atoms with Gasteiger partial charge in [0.15, 0.2) is 0 Å². The highest BCUT2D eigenvalue weighted by atomic mass is 16.3. The SMILES string of the molecule is CCCCN(CCC(O)c1ccccc1)c1ccccc1. The standard InChI is InChI=1S/C19H25NO/c1-2-3-15-20(18-12-8-5-9-13-18)16-14-19(21)17-10-6-4-7-11-17/h4-13,19,21H,2-3,14-16H2,1H3. The van der Waals surface area contributed by atoms with Crippen LogP contribution in [0.25, 0.3) is 0 Å². The average Bonchev–Trinajstić information content (AvgIpc) is 2.56. The number of rotatable bonds is 8. The quantitative estimate of drug-likeness (QED) is 0.775. The maximum Gasteiger partial charge on any atom is 0.0806 e. The highest BCUT2D eigenvalue weighted by Crippen LogP contribution is 2.20. The lowest BCUT2D eigenvalue weighted by Gasteiger charge is -2.26. The lowest BCUT2D eigenvalue weighted by molar-refractivity contribution is 0.169. The normalized spacial score (nSPS) is 12.1. The molecule has 0 amide bonds. The van der Waals surface area contributed by atoms with Gasteiger partial charge in [-0.15, -0.1) is 0 Å². The van der Waals surface area contributed by atoms with Gasteiger partial charge in [-0.05, 0) is 30.5 Å². The molecule has 0 bridgehead atoms. The van der Waals surface area contributed by atoms with Crippen LogP contribution in [0.3, 0.4) is 0 Å². The number of hydrogen-bond donors (Lipinski definition) is 1. The minimum absolute atomic E-state index is 0.390. The molecule has 0 aliphatic carbocycles. The van der Waals surface area contributed by atoms with E-state index in [1.54, 1.807) is 0 Å². The summed E-state index contributed by atoms with van der Waals surface area (Å²) in [5.74, 6) is 0. The first-order valence-electron chi connectivity index (χ1n) is 7.84. The van der Waals surface area contributed by atoms with Crippen molar-refractivity contribution in [3.63, 3.8) is 0 Å². The predicted octanol–water partition coefficient (Wildman–Crippen LogP) is 4.42. The van der Waals surface area contributed by atoms with Crippen LogP contribution in [0, 0.1) is 0 Å². The molecule has 0 aliphatic rings. The molecule has 21 heavy (non-hydrogen) atoms. The van der Waals surface area contributed by atoms with Crippen LogP contribution in [-0.4, -0.2) is 18.2 Å². The summed E-state index contributed by atoms with van der Waals surface area (Å²) >= 11 is 0. The number of hydrogen-bond acceptors (Lipinski definition) is 2. The lowest BCUT2D eigenvalue weighted by Crippen LogP contribution is -2.26. The van der Waals surface area contributed by atoms with Gasteiger partial charge < -0.3 is 10.0 Å². The first kappa shape index (κ1) is 15.6. The largest absolute Gasteiger partial charge is 0.388 e. The number of nitrogens with zero attached hydrogens (tertiary/aromatic N) is 1. The number of aliphatic hydroxyl groups excluding tert-OH is 1. The van der Waals surface area contributed by atoms with Crippen LogP contribution in [0.1, 0.15) is 37.9 Å². The van der Waals surface area contributed by atoms with Crippen molar-refractivity contribution in [1.29, 1.82) is 0 Å². The van der Waals surface area contributed by atoms with E-state index >= 15 is 0 Å². The fraction of sp³-hybridized carbons (Fsp3) is 0.368. The molecule has 2 heteroatoms. The van der Waals surface area contributed by atoms with Crippen LogP contribution >= 0.6 is 0 Å². The van der Waals surface area contributed by atoms with Crippen LogP contribution < -0.4 is 4.90 Å². The first-order chi connectivity index (χ1) is 10.3. The molecule has 1 N–H and O–H groups in total. The third-order valence-electron chi connectivity index (χ3n) is 3.76. The summed E-state index contributed by atoms with van der Waals surface area (Å²) in [6.07, 6.45) is 2.72. The Bertz CT molecular complexity index is 497. The molecule has 0 heterocycles. The molecule has 2 aromatic rings. The first-order valence-corrected chi connectivity index (χ1v) is 7.84. The Kier molecular flexibility index (Phi) is 6.29. The molecule has 0 spiro atoms. The summed E-state index contributed by atoms with van der Waals surface area (Å²) in [5, 5.41) is 10.3. The van der Waals surface area contributed by atoms with Crippen molar-refractivity contribution in [2.45, 2.75) is 32.3 Å². The topological polar surface area (TPSA) is 23.5 Å². The number of anilines is 1. The fourth-order valence-electron chi connectivity index (χ4n) is 2.48. The van der Waals surface area contributed by atoms with Crippen LogP contribution in [0.2, 0.25) is 0 Å². The van der Waals surface area contributed by atoms with Gasteiger partial charge in [0.05, 0.1) is 6.10 Å². The minimum atomic E-state index is -0.390. The molecule has 2 aromatic carbocycles. The van der Waals surface area contributed by atoms with Gasteiger partial charge in [0.2, 0.25) is 0 Å². The Morgan fingerprint density at radius 1 is 0.905 bits per heavy atom. The van der Waals surface area contributed by atoms with E-state index in [2.05, 4.69) is 36.1 Å². The summed E-state index contributed by atoms with van der Waals surface area (Å²) in [7, 11) is 0. The third kappa shape index (κ3) is 4.91. The van der Waals surface area contributed by atoms with E-state index in [1.807, 2.05) is 36.4 Å². The molecule has 112 valence electrons. The molecular formula is C19H25NO. The van der Waals surface area contributed by atoms with Gasteiger partial charge in [0.25, 0.3) is 0 Å². The Morgan fingerprint density at radius 2 is 1.52 bits per heavy atom. The maximum absolute atomic E-state index is 10.3. The van der Waals surface area contributed by atoms with E-state index in [0.717, 1.165) is 25.1 Å². The molecular weight excluding hydrogens is 258 g/mol. The zero-order valence-corrected chi connectivity index (χ0v) is 12.8. The van der Waals surface area contributed by atoms with Gasteiger partial charge in [0.1, 0.15) is 0 Å². The maximum atomic E-state index is 10.3. The number of aliphatic hydroxyl groups is 1. The van der Waals surface area contributed by atoms with Gasteiger partial charge in [-0.25, -0.2) is 0 Å². The van der Waals surface area contributed by atoms with Crippen molar-refractivity contribution >= 4 is 5.69 Å². The summed E-state index contributed by atoms with van der Waals surface area (Å²) < 4.78 is 0. The minimum Gasteiger partial charge on any atom is -0.388 e. The van der Waals surface area contributed by atoms with Gasteiger partial charge in [-0.3, -0.25) is 0 Å². The van der Waals surface area contributed by atoms with Crippen molar-refractivity contribution in [3.05, 3.63) is 66.2 Å². The smallest absolute Gasteiger partial charge is 0.0806 e. The molecule has 2 rings (SSSR count). The van der Waals surface area contributed by atoms with Crippen molar-refractivity contribution in [2.24, 2.45) is 0 Å². The molecule has 0 aliphatic heterocycles. The molecule has 0 fully saturated rings. The lowest BCUT2D eigenvalue weighted by atomic mass is 10.1. The summed E-state index contributed by atoms with van der Waals surface area (Å²) in [6.45, 7) is 4.13. The van der Waals surface area contributed by atoms with Crippen molar-refractivity contribution < 1.29 is 5.11 Å². The Morgan fingerprint density at radius 3 is 2.14 bits per heavy atom. The molecule has 0 aromatic heterocycles. The molecule has 2 nitrogen and oxygen atoms in total. The van der Waals surface area contributed by atoms with Crippen molar-refractivity contribution in [2.75, 3.05) is 18.0 Å². The van der Waals surface area contributed by atoms with E-state index in [4.69, 9.17) is 0 Å². The van der Waals surface area contributed by atoms with Crippen LogP contribution in [0.4, 0.5) is 5.69 Å². The number of para-hydroxylation sites is 1. The average molecular weight is 283 g/mol. The molecule has 0 radical (unpaired) electrons. The summed E-state index contributed by atoms with van der Waals surface area (Å²) in [6, 6.07) is 20.4. The number of unbranched alkanes of at least 4 members (excludes halogenated alkanes) is 1. The molecule has 0 saturated carbocycles. The molecule has 1 unspecified atom stereocenters. The van der Waals surface area contributed by atoms with E-state index in [9.17, 15) is 5.11 Å². The van der Waals surface area contributed by atoms with Crippen LogP contribution in [-0.2, 0) is 0 Å². The van der Waals surface area contributed by atoms with E-state index in [1.165, 1.54) is 18.5 Å². The van der Waals surface area contributed by atoms with Gasteiger partial charge in [-0.1, -0.05) is 61.9 Å². The van der Waals surface area contributed by atoms with Gasteiger partial charge in [-0.2, -0.15) is 0 Å². The summed E-state index contributed by atoms with van der Waals surface area (Å²) in [5.41, 5.74) is 2.24. The van der Waals surface area contributed by atoms with E-state index < -0.39 is 0 Å². The van der Waals surface area contributed by atoms with Gasteiger partial charge >= 0.3 is 0 Å². The number of benzene rings is 2. The van der Waals surface area contributed by atoms with Crippen LogP contribution in [0.5, 0.6) is 0 Å². The Hall–Kier alpha value is -1.80. The second kappa shape index (κ2) is 8.48. The van der Waals surface area contributed by atoms with E-state index in [0.29, 0.717) is 0 Å². The third-order valence-corrected chi connectivity index (χ3v) is 3.76. The zero-order chi connectivity index (χ0) is 14.9. The zero-order valence-electron chi connectivity index (χ0n) is 12.8.